The van der Waals surface area contributed by atoms with Gasteiger partial charge in [-0.25, -0.2) is 9.59 Å². The molecule has 0 unspecified atom stereocenters. The third-order valence-corrected chi connectivity index (χ3v) is 11.2. The van der Waals surface area contributed by atoms with Gasteiger partial charge in [0.05, 0.1) is 0 Å². The van der Waals surface area contributed by atoms with Crippen LogP contribution in [0.5, 0.6) is 0 Å². The van der Waals surface area contributed by atoms with E-state index in [4.69, 9.17) is 10.2 Å². The predicted octanol–water partition coefficient (Wildman–Crippen LogP) is 17.9. The van der Waals surface area contributed by atoms with Gasteiger partial charge in [0.25, 0.3) is 0 Å². The van der Waals surface area contributed by atoms with Gasteiger partial charge in [-0.15, -0.1) is 0 Å². The number of carboxylic acids is 2. The van der Waals surface area contributed by atoms with Crippen LogP contribution in [0.2, 0.25) is 0 Å². The van der Waals surface area contributed by atoms with Gasteiger partial charge in [0, 0.05) is 25.4 Å². The highest BCUT2D eigenvalue weighted by Crippen LogP contribution is 2.18. The van der Waals surface area contributed by atoms with E-state index >= 15 is 0 Å². The molecule has 3 fully saturated rings. The van der Waals surface area contributed by atoms with Gasteiger partial charge < -0.3 is 14.9 Å². The molecule has 0 spiro atoms. The fourth-order valence-electron chi connectivity index (χ4n) is 7.42. The molecule has 3 saturated carbocycles. The summed E-state index contributed by atoms with van der Waals surface area (Å²) in [5.41, 5.74) is 0.352. The van der Waals surface area contributed by atoms with Gasteiger partial charge in [-0.05, 0) is 13.8 Å². The van der Waals surface area contributed by atoms with E-state index in [-0.39, 0.29) is 11.1 Å². The van der Waals surface area contributed by atoms with Crippen LogP contribution in [0.3, 0.4) is 0 Å². The maximum atomic E-state index is 9.60. The van der Waals surface area contributed by atoms with Crippen LogP contribution < -0.4 is 0 Å². The molecular formula is C52H102O5. The lowest BCUT2D eigenvalue weighted by atomic mass is 10.0. The topological polar surface area (TPSA) is 83.8 Å². The quantitative estimate of drug-likeness (QED) is 0.272. The summed E-state index contributed by atoms with van der Waals surface area (Å²) in [7, 11) is 3.25. The molecular weight excluding hydrogens is 705 g/mol. The molecule has 0 bridgehead atoms. The van der Waals surface area contributed by atoms with Crippen molar-refractivity contribution in [3.8, 4) is 0 Å². The van der Waals surface area contributed by atoms with E-state index in [2.05, 4.69) is 17.9 Å². The molecule has 0 aromatic rings. The smallest absolute Gasteiger partial charge is 0.330 e. The van der Waals surface area contributed by atoms with Crippen LogP contribution in [-0.4, -0.2) is 36.4 Å². The number of methoxy groups -OCH3 is 1. The van der Waals surface area contributed by atoms with E-state index in [1.165, 1.54) is 284 Å². The molecule has 57 heavy (non-hydrogen) atoms. The highest BCUT2D eigenvalue weighted by Gasteiger charge is 1.99. The summed E-state index contributed by atoms with van der Waals surface area (Å²) in [6.07, 6.45) is 63.0. The summed E-state index contributed by atoms with van der Waals surface area (Å²) in [5, 5.41) is 15.8. The number of rotatable bonds is 2. The van der Waals surface area contributed by atoms with Gasteiger partial charge in [-0.1, -0.05) is 283 Å². The molecule has 0 aromatic heterocycles. The van der Waals surface area contributed by atoms with Crippen molar-refractivity contribution in [1.82, 2.24) is 0 Å². The largest absolute Gasteiger partial charge is 0.478 e. The number of hydrogen-bond acceptors (Lipinski definition) is 3. The third kappa shape index (κ3) is 63.7. The van der Waals surface area contributed by atoms with Crippen molar-refractivity contribution in [2.45, 2.75) is 284 Å². The zero-order valence-corrected chi connectivity index (χ0v) is 39.2. The molecule has 0 heterocycles. The number of carboxylic acid groups (broad SMARTS) is 2. The summed E-state index contributed by atoms with van der Waals surface area (Å²) in [6, 6.07) is 0. The Morgan fingerprint density at radius 3 is 0.333 bits per heavy atom. The zero-order chi connectivity index (χ0) is 42.7. The minimum atomic E-state index is -0.935. The lowest BCUT2D eigenvalue weighted by Crippen LogP contribution is -1.92. The Labute approximate surface area is 357 Å². The number of ether oxygens (including phenoxy) is 1. The van der Waals surface area contributed by atoms with E-state index in [1.807, 2.05) is 0 Å². The molecule has 0 atom stereocenters. The Balaban J connectivity index is -0.000000653. The average molecular weight is 807 g/mol. The van der Waals surface area contributed by atoms with Crippen LogP contribution in [-0.2, 0) is 14.3 Å². The van der Waals surface area contributed by atoms with Gasteiger partial charge >= 0.3 is 11.9 Å². The second kappa shape index (κ2) is 54.4. The monoisotopic (exact) mass is 807 g/mol. The SMILES string of the molecule is C1CCCCCCCCCCCCC1.C1CCCCCCCCCCCCC1.C1CCCCCCCCCCCCC1.C=C(C)C(=O)O.C=C(C)C(=O)O.COC. The Morgan fingerprint density at radius 2 is 0.316 bits per heavy atom. The highest BCUT2D eigenvalue weighted by atomic mass is 16.4. The molecule has 0 saturated heterocycles. The van der Waals surface area contributed by atoms with Crippen LogP contribution in [0.1, 0.15) is 284 Å². The molecule has 2 N–H and O–H groups in total. The summed E-state index contributed by atoms with van der Waals surface area (Å²) in [5.74, 6) is -1.87. The first-order chi connectivity index (χ1) is 27.7. The Bertz CT molecular complexity index is 547. The van der Waals surface area contributed by atoms with E-state index < -0.39 is 11.9 Å². The van der Waals surface area contributed by atoms with Gasteiger partial charge in [0.2, 0.25) is 0 Å². The molecule has 0 aliphatic heterocycles. The molecule has 3 aliphatic rings. The fourth-order valence-corrected chi connectivity index (χ4v) is 7.42. The molecule has 0 amide bonds. The van der Waals surface area contributed by atoms with Crippen molar-refractivity contribution in [2.24, 2.45) is 0 Å². The van der Waals surface area contributed by atoms with Gasteiger partial charge in [0.15, 0.2) is 0 Å². The maximum absolute atomic E-state index is 9.60. The van der Waals surface area contributed by atoms with Gasteiger partial charge in [-0.2, -0.15) is 0 Å². The first-order valence-electron chi connectivity index (χ1n) is 24.9. The van der Waals surface area contributed by atoms with Crippen LogP contribution in [0.4, 0.5) is 0 Å². The molecule has 0 aromatic carbocycles. The van der Waals surface area contributed by atoms with E-state index in [1.54, 1.807) is 14.2 Å². The van der Waals surface area contributed by atoms with Crippen LogP contribution in [0, 0.1) is 0 Å². The third-order valence-electron chi connectivity index (χ3n) is 11.2. The van der Waals surface area contributed by atoms with Crippen molar-refractivity contribution in [3.05, 3.63) is 24.3 Å². The van der Waals surface area contributed by atoms with Crippen LogP contribution in [0.25, 0.3) is 0 Å². The van der Waals surface area contributed by atoms with E-state index in [0.29, 0.717) is 0 Å². The highest BCUT2D eigenvalue weighted by molar-refractivity contribution is 5.85. The van der Waals surface area contributed by atoms with Crippen molar-refractivity contribution >= 4 is 11.9 Å². The summed E-state index contributed by atoms with van der Waals surface area (Å²) in [6.45, 7) is 9.20. The standard InChI is InChI=1S/3C14H28.2C4H6O2.C2H6O/c3*1-2-4-6-8-10-12-14-13-11-9-7-5-3-1;2*1-3(2)4(5)6;1-3-2/h3*1-14H2;2*1H2,2H3,(H,5,6);1-2H3. The lowest BCUT2D eigenvalue weighted by Gasteiger charge is -2.05. The van der Waals surface area contributed by atoms with Crippen molar-refractivity contribution in [2.75, 3.05) is 14.2 Å². The second-order valence-corrected chi connectivity index (χ2v) is 17.4. The van der Waals surface area contributed by atoms with Crippen LogP contribution in [0.15, 0.2) is 24.3 Å². The maximum Gasteiger partial charge on any atom is 0.330 e. The minimum Gasteiger partial charge on any atom is -0.478 e. The lowest BCUT2D eigenvalue weighted by molar-refractivity contribution is -0.133. The molecule has 340 valence electrons. The van der Waals surface area contributed by atoms with Crippen molar-refractivity contribution in [3.63, 3.8) is 0 Å². The van der Waals surface area contributed by atoms with E-state index in [9.17, 15) is 9.59 Å². The first-order valence-corrected chi connectivity index (χ1v) is 24.9. The Kier molecular flexibility index (Phi) is 56.9. The molecule has 0 radical (unpaired) electrons. The van der Waals surface area contributed by atoms with Gasteiger partial charge in [-0.3, -0.25) is 0 Å². The Hall–Kier alpha value is -1.62. The normalized spacial score (nSPS) is 19.6. The molecule has 5 heteroatoms. The summed E-state index contributed by atoms with van der Waals surface area (Å²) < 4.78 is 4.25. The Morgan fingerprint density at radius 1 is 0.281 bits per heavy atom. The fraction of sp³-hybridized carbons (Fsp3) is 0.885. The minimum absolute atomic E-state index is 0.176. The second-order valence-electron chi connectivity index (χ2n) is 17.4. The summed E-state index contributed by atoms with van der Waals surface area (Å²) in [4.78, 5) is 19.2. The average Bonchev–Trinajstić information content (AvgIpc) is 3.19. The molecule has 3 aliphatic carbocycles. The number of carbonyl (C=O) groups is 2. The van der Waals surface area contributed by atoms with Gasteiger partial charge in [0.1, 0.15) is 0 Å². The number of aliphatic carboxylic acids is 2. The van der Waals surface area contributed by atoms with Crippen molar-refractivity contribution < 1.29 is 24.5 Å². The number of hydrogen-bond donors (Lipinski definition) is 2. The van der Waals surface area contributed by atoms with E-state index in [0.717, 1.165) is 0 Å². The van der Waals surface area contributed by atoms with Crippen LogP contribution >= 0.6 is 0 Å². The molecule has 5 nitrogen and oxygen atoms in total. The summed E-state index contributed by atoms with van der Waals surface area (Å²) >= 11 is 0. The zero-order valence-electron chi connectivity index (χ0n) is 39.2. The van der Waals surface area contributed by atoms with Crippen molar-refractivity contribution in [1.29, 1.82) is 0 Å². The first kappa shape index (κ1) is 59.7. The molecule has 3 rings (SSSR count). The predicted molar refractivity (Wildman–Crippen MR) is 252 cm³/mol.